The lowest BCUT2D eigenvalue weighted by Gasteiger charge is -2.04. The Bertz CT molecular complexity index is 685. The largest absolute Gasteiger partial charge is 0.463 e. The Morgan fingerprint density at radius 3 is 2.70 bits per heavy atom. The van der Waals surface area contributed by atoms with E-state index in [0.29, 0.717) is 11.3 Å². The standard InChI is InChI=1S/C16H16N2O2/c1-2-14-8-9-15(20-14)16(19)12-10-17-18(11-12)13-6-4-3-5-7-13/h3-11,16,19H,2H2,1H3. The molecule has 2 heterocycles. The maximum Gasteiger partial charge on any atom is 0.140 e. The van der Waals surface area contributed by atoms with Crippen LogP contribution < -0.4 is 0 Å². The van der Waals surface area contributed by atoms with E-state index in [9.17, 15) is 5.11 Å². The first-order valence-corrected chi connectivity index (χ1v) is 6.64. The van der Waals surface area contributed by atoms with Crippen LogP contribution in [0.3, 0.4) is 0 Å². The molecule has 0 aliphatic rings. The molecule has 1 aromatic carbocycles. The van der Waals surface area contributed by atoms with Gasteiger partial charge in [0.25, 0.3) is 0 Å². The van der Waals surface area contributed by atoms with Gasteiger partial charge in [0.2, 0.25) is 0 Å². The molecule has 3 rings (SSSR count). The monoisotopic (exact) mass is 268 g/mol. The second-order valence-corrected chi connectivity index (χ2v) is 4.61. The number of benzene rings is 1. The number of nitrogens with zero attached hydrogens (tertiary/aromatic N) is 2. The topological polar surface area (TPSA) is 51.2 Å². The van der Waals surface area contributed by atoms with Crippen LogP contribution in [-0.4, -0.2) is 14.9 Å². The Balaban J connectivity index is 1.86. The predicted octanol–water partition coefficient (Wildman–Crippen LogP) is 3.11. The Morgan fingerprint density at radius 1 is 1.20 bits per heavy atom. The van der Waals surface area contributed by atoms with Crippen molar-refractivity contribution in [2.24, 2.45) is 0 Å². The third-order valence-electron chi connectivity index (χ3n) is 3.24. The zero-order chi connectivity index (χ0) is 13.9. The maximum atomic E-state index is 10.3. The Labute approximate surface area is 117 Å². The van der Waals surface area contributed by atoms with Gasteiger partial charge >= 0.3 is 0 Å². The van der Waals surface area contributed by atoms with E-state index in [2.05, 4.69) is 5.10 Å². The molecular weight excluding hydrogens is 252 g/mol. The molecule has 0 amide bonds. The first-order valence-electron chi connectivity index (χ1n) is 6.64. The van der Waals surface area contributed by atoms with Crippen molar-refractivity contribution >= 4 is 0 Å². The van der Waals surface area contributed by atoms with Crippen molar-refractivity contribution in [3.8, 4) is 5.69 Å². The fourth-order valence-corrected chi connectivity index (χ4v) is 2.10. The second-order valence-electron chi connectivity index (χ2n) is 4.61. The van der Waals surface area contributed by atoms with E-state index in [1.165, 1.54) is 0 Å². The summed E-state index contributed by atoms with van der Waals surface area (Å²) in [6.07, 6.45) is 3.50. The summed E-state index contributed by atoms with van der Waals surface area (Å²) >= 11 is 0. The highest BCUT2D eigenvalue weighted by Gasteiger charge is 2.16. The van der Waals surface area contributed by atoms with Crippen molar-refractivity contribution in [3.05, 3.63) is 71.9 Å². The molecule has 4 heteroatoms. The summed E-state index contributed by atoms with van der Waals surface area (Å²) in [4.78, 5) is 0. The molecule has 1 unspecified atom stereocenters. The number of aliphatic hydroxyl groups excluding tert-OH is 1. The number of aromatic nitrogens is 2. The molecular formula is C16H16N2O2. The van der Waals surface area contributed by atoms with Crippen LogP contribution in [-0.2, 0) is 6.42 Å². The normalized spacial score (nSPS) is 12.5. The highest BCUT2D eigenvalue weighted by molar-refractivity contribution is 5.32. The first kappa shape index (κ1) is 12.7. The van der Waals surface area contributed by atoms with Crippen LogP contribution in [0.2, 0.25) is 0 Å². The molecule has 102 valence electrons. The van der Waals surface area contributed by atoms with Gasteiger partial charge in [0.05, 0.1) is 11.9 Å². The van der Waals surface area contributed by atoms with Crippen LogP contribution in [0.4, 0.5) is 0 Å². The SMILES string of the molecule is CCc1ccc(C(O)c2cnn(-c3ccccc3)c2)o1. The zero-order valence-corrected chi connectivity index (χ0v) is 11.2. The molecule has 0 saturated carbocycles. The average molecular weight is 268 g/mol. The Morgan fingerprint density at radius 2 is 2.00 bits per heavy atom. The molecule has 0 fully saturated rings. The van der Waals surface area contributed by atoms with Crippen molar-refractivity contribution in [3.63, 3.8) is 0 Å². The molecule has 1 N–H and O–H groups in total. The minimum Gasteiger partial charge on any atom is -0.463 e. The molecule has 3 aromatic rings. The van der Waals surface area contributed by atoms with Gasteiger partial charge < -0.3 is 9.52 Å². The summed E-state index contributed by atoms with van der Waals surface area (Å²) in [7, 11) is 0. The number of para-hydroxylation sites is 1. The highest BCUT2D eigenvalue weighted by Crippen LogP contribution is 2.24. The third kappa shape index (κ3) is 2.38. The molecule has 0 radical (unpaired) electrons. The molecule has 0 saturated heterocycles. The van der Waals surface area contributed by atoms with Crippen LogP contribution in [0.1, 0.15) is 30.1 Å². The number of hydrogen-bond acceptors (Lipinski definition) is 3. The zero-order valence-electron chi connectivity index (χ0n) is 11.2. The summed E-state index contributed by atoms with van der Waals surface area (Å²) in [6, 6.07) is 13.5. The Kier molecular flexibility index (Phi) is 3.39. The molecule has 0 bridgehead atoms. The van der Waals surface area contributed by atoms with Crippen molar-refractivity contribution in [1.82, 2.24) is 9.78 Å². The van der Waals surface area contributed by atoms with Gasteiger partial charge in [0.1, 0.15) is 17.6 Å². The summed E-state index contributed by atoms with van der Waals surface area (Å²) in [5.74, 6) is 1.42. The minimum atomic E-state index is -0.784. The van der Waals surface area contributed by atoms with Crippen LogP contribution in [0, 0.1) is 0 Å². The second kappa shape index (κ2) is 5.35. The smallest absolute Gasteiger partial charge is 0.140 e. The van der Waals surface area contributed by atoms with Crippen LogP contribution in [0.25, 0.3) is 5.69 Å². The van der Waals surface area contributed by atoms with E-state index >= 15 is 0 Å². The number of furan rings is 1. The number of rotatable bonds is 4. The lowest BCUT2D eigenvalue weighted by Crippen LogP contribution is -1.97. The minimum absolute atomic E-state index is 0.550. The summed E-state index contributed by atoms with van der Waals surface area (Å²) < 4.78 is 7.32. The van der Waals surface area contributed by atoms with Gasteiger partial charge in [-0.3, -0.25) is 0 Å². The van der Waals surface area contributed by atoms with Gasteiger partial charge in [-0.15, -0.1) is 0 Å². The molecule has 0 aliphatic carbocycles. The van der Waals surface area contributed by atoms with Gasteiger partial charge in [-0.2, -0.15) is 5.10 Å². The highest BCUT2D eigenvalue weighted by atomic mass is 16.4. The fraction of sp³-hybridized carbons (Fsp3) is 0.188. The molecule has 20 heavy (non-hydrogen) atoms. The van der Waals surface area contributed by atoms with Crippen LogP contribution in [0.5, 0.6) is 0 Å². The first-order chi connectivity index (χ1) is 9.78. The number of aryl methyl sites for hydroxylation is 1. The molecule has 0 spiro atoms. The van der Waals surface area contributed by atoms with Gasteiger partial charge in [-0.1, -0.05) is 25.1 Å². The summed E-state index contributed by atoms with van der Waals surface area (Å²) in [5, 5.41) is 14.6. The van der Waals surface area contributed by atoms with E-state index < -0.39 is 6.10 Å². The van der Waals surface area contributed by atoms with E-state index in [1.807, 2.05) is 55.6 Å². The predicted molar refractivity (Wildman–Crippen MR) is 75.7 cm³/mol. The van der Waals surface area contributed by atoms with E-state index in [-0.39, 0.29) is 0 Å². The summed E-state index contributed by atoms with van der Waals surface area (Å²) in [6.45, 7) is 2.02. The maximum absolute atomic E-state index is 10.3. The van der Waals surface area contributed by atoms with Gasteiger partial charge in [-0.05, 0) is 24.3 Å². The number of hydrogen-bond donors (Lipinski definition) is 1. The van der Waals surface area contributed by atoms with Crippen molar-refractivity contribution in [2.45, 2.75) is 19.4 Å². The van der Waals surface area contributed by atoms with Crippen molar-refractivity contribution in [2.75, 3.05) is 0 Å². The van der Waals surface area contributed by atoms with Crippen LogP contribution in [0.15, 0.2) is 59.3 Å². The fourth-order valence-electron chi connectivity index (χ4n) is 2.10. The molecule has 2 aromatic heterocycles. The van der Waals surface area contributed by atoms with E-state index in [4.69, 9.17) is 4.42 Å². The van der Waals surface area contributed by atoms with Gasteiger partial charge in [-0.25, -0.2) is 4.68 Å². The third-order valence-corrected chi connectivity index (χ3v) is 3.24. The lowest BCUT2D eigenvalue weighted by atomic mass is 10.1. The van der Waals surface area contributed by atoms with Crippen molar-refractivity contribution in [1.29, 1.82) is 0 Å². The number of aliphatic hydroxyl groups is 1. The van der Waals surface area contributed by atoms with E-state index in [1.54, 1.807) is 10.9 Å². The summed E-state index contributed by atoms with van der Waals surface area (Å²) in [5.41, 5.74) is 1.67. The quantitative estimate of drug-likeness (QED) is 0.791. The van der Waals surface area contributed by atoms with E-state index in [0.717, 1.165) is 17.9 Å². The van der Waals surface area contributed by atoms with Gasteiger partial charge in [0, 0.05) is 18.2 Å². The molecule has 0 aliphatic heterocycles. The van der Waals surface area contributed by atoms with Crippen LogP contribution >= 0.6 is 0 Å². The average Bonchev–Trinajstić information content (AvgIpc) is 3.17. The van der Waals surface area contributed by atoms with Gasteiger partial charge in [0.15, 0.2) is 0 Å². The Hall–Kier alpha value is -2.33. The molecule has 1 atom stereocenters. The van der Waals surface area contributed by atoms with Crippen molar-refractivity contribution < 1.29 is 9.52 Å². The molecule has 4 nitrogen and oxygen atoms in total. The lowest BCUT2D eigenvalue weighted by molar-refractivity contribution is 0.187.